The monoisotopic (exact) mass is 495 g/mol. The molecule has 1 aromatic heterocycles. The van der Waals surface area contributed by atoms with Crippen LogP contribution in [0.2, 0.25) is 5.02 Å². The third-order valence-electron chi connectivity index (χ3n) is 4.89. The molecule has 1 heterocycles. The van der Waals surface area contributed by atoms with E-state index in [1.54, 1.807) is 28.9 Å². The molecule has 11 heteroatoms. The van der Waals surface area contributed by atoms with Crippen molar-refractivity contribution in [2.24, 2.45) is 0 Å². The van der Waals surface area contributed by atoms with E-state index >= 15 is 0 Å². The van der Waals surface area contributed by atoms with Crippen molar-refractivity contribution in [2.45, 2.75) is 17.3 Å². The van der Waals surface area contributed by atoms with E-state index in [4.69, 9.17) is 16.3 Å². The van der Waals surface area contributed by atoms with E-state index in [2.05, 4.69) is 15.5 Å². The number of halogens is 1. The van der Waals surface area contributed by atoms with Gasteiger partial charge in [0.15, 0.2) is 12.4 Å². The lowest BCUT2D eigenvalue weighted by atomic mass is 10.1. The van der Waals surface area contributed by atoms with Crippen LogP contribution in [-0.4, -0.2) is 37.5 Å². The fourth-order valence-corrected chi connectivity index (χ4v) is 4.25. The van der Waals surface area contributed by atoms with Gasteiger partial charge >= 0.3 is 0 Å². The highest BCUT2D eigenvalue weighted by molar-refractivity contribution is 7.99. The number of hydrogen-bond donors (Lipinski definition) is 0. The zero-order valence-electron chi connectivity index (χ0n) is 17.9. The first-order valence-corrected chi connectivity index (χ1v) is 11.4. The van der Waals surface area contributed by atoms with E-state index < -0.39 is 4.92 Å². The molecule has 9 nitrogen and oxygen atoms in total. The zero-order valence-corrected chi connectivity index (χ0v) is 19.4. The Morgan fingerprint density at radius 1 is 1.15 bits per heavy atom. The topological polar surface area (TPSA) is 113 Å². The smallest absolute Gasteiger partial charge is 0.270 e. The van der Waals surface area contributed by atoms with Crippen LogP contribution >= 0.6 is 23.4 Å². The fraction of sp³-hybridized carbons (Fsp3) is 0.130. The average molecular weight is 496 g/mol. The van der Waals surface area contributed by atoms with Crippen LogP contribution in [-0.2, 0) is 0 Å². The van der Waals surface area contributed by atoms with Crippen LogP contribution in [0.25, 0.3) is 5.69 Å². The average Bonchev–Trinajstić information content (AvgIpc) is 3.31. The molecule has 0 saturated heterocycles. The Bertz CT molecular complexity index is 1310. The first kappa shape index (κ1) is 23.4. The van der Waals surface area contributed by atoms with Crippen molar-refractivity contribution in [3.8, 4) is 11.4 Å². The van der Waals surface area contributed by atoms with E-state index in [0.29, 0.717) is 27.1 Å². The van der Waals surface area contributed by atoms with E-state index in [1.165, 1.54) is 30.0 Å². The Morgan fingerprint density at radius 3 is 2.59 bits per heavy atom. The predicted molar refractivity (Wildman–Crippen MR) is 128 cm³/mol. The molecular weight excluding hydrogens is 478 g/mol. The number of nitrogens with zero attached hydrogens (tertiary/aromatic N) is 5. The van der Waals surface area contributed by atoms with Crippen molar-refractivity contribution >= 4 is 34.8 Å². The zero-order chi connectivity index (χ0) is 24.1. The Kier molecular flexibility index (Phi) is 7.19. The first-order chi connectivity index (χ1) is 16.4. The maximum absolute atomic E-state index is 12.5. The highest BCUT2D eigenvalue weighted by Crippen LogP contribution is 2.40. The molecule has 4 rings (SSSR count). The minimum absolute atomic E-state index is 0.0820. The Morgan fingerprint density at radius 2 is 1.88 bits per heavy atom. The molecule has 0 spiro atoms. The van der Waals surface area contributed by atoms with Gasteiger partial charge in [0.25, 0.3) is 5.69 Å². The largest absolute Gasteiger partial charge is 0.485 e. The van der Waals surface area contributed by atoms with Crippen molar-refractivity contribution < 1.29 is 14.5 Å². The lowest BCUT2D eigenvalue weighted by Gasteiger charge is -2.16. The van der Waals surface area contributed by atoms with Gasteiger partial charge < -0.3 is 4.74 Å². The summed E-state index contributed by atoms with van der Waals surface area (Å²) in [5.74, 6) is 0.126. The van der Waals surface area contributed by atoms with E-state index in [-0.39, 0.29) is 23.3 Å². The second-order valence-corrected chi connectivity index (χ2v) is 8.91. The minimum Gasteiger partial charge on any atom is -0.485 e. The molecule has 0 aliphatic rings. The predicted octanol–water partition coefficient (Wildman–Crippen LogP) is 5.34. The number of benzene rings is 3. The fourth-order valence-electron chi connectivity index (χ4n) is 3.17. The Hall–Kier alpha value is -3.76. The molecule has 34 heavy (non-hydrogen) atoms. The number of aromatic nitrogens is 4. The van der Waals surface area contributed by atoms with Gasteiger partial charge in [-0.05, 0) is 59.8 Å². The van der Waals surface area contributed by atoms with Gasteiger partial charge in [-0.3, -0.25) is 14.9 Å². The van der Waals surface area contributed by atoms with Crippen molar-refractivity contribution in [3.63, 3.8) is 0 Å². The molecule has 1 unspecified atom stereocenters. The van der Waals surface area contributed by atoms with Crippen molar-refractivity contribution in [1.29, 1.82) is 0 Å². The maximum Gasteiger partial charge on any atom is 0.270 e. The molecule has 3 aromatic carbocycles. The number of tetrazole rings is 1. The van der Waals surface area contributed by atoms with Crippen LogP contribution in [0.3, 0.4) is 0 Å². The normalized spacial score (nSPS) is 11.7. The third kappa shape index (κ3) is 5.41. The summed E-state index contributed by atoms with van der Waals surface area (Å²) in [5.41, 5.74) is 1.70. The summed E-state index contributed by atoms with van der Waals surface area (Å²) in [6.45, 7) is 1.63. The van der Waals surface area contributed by atoms with Crippen molar-refractivity contribution in [2.75, 3.05) is 6.61 Å². The Labute approximate surface area is 203 Å². The quantitative estimate of drug-likeness (QED) is 0.132. The number of thioether (sulfide) groups is 1. The minimum atomic E-state index is -0.475. The van der Waals surface area contributed by atoms with Gasteiger partial charge in [-0.25, -0.2) is 0 Å². The first-order valence-electron chi connectivity index (χ1n) is 10.1. The SMILES string of the molecule is CC(Sc1nnnn1-c1ccccc1)c1cc([N+](=O)[O-])ccc1OCC(=O)c1ccc(Cl)cc1. The number of nitro groups is 1. The molecule has 0 aliphatic carbocycles. The molecule has 0 radical (unpaired) electrons. The molecule has 4 aromatic rings. The van der Waals surface area contributed by atoms with Crippen LogP contribution in [0.4, 0.5) is 5.69 Å². The number of ether oxygens (including phenoxy) is 1. The number of non-ortho nitro benzene ring substituents is 1. The molecule has 0 saturated carbocycles. The summed E-state index contributed by atoms with van der Waals surface area (Å²) in [5, 5.41) is 24.0. The molecular formula is C23H18ClN5O4S. The van der Waals surface area contributed by atoms with Crippen LogP contribution in [0.5, 0.6) is 5.75 Å². The second kappa shape index (κ2) is 10.4. The highest BCUT2D eigenvalue weighted by Gasteiger charge is 2.21. The van der Waals surface area contributed by atoms with Gasteiger partial charge in [-0.15, -0.1) is 5.10 Å². The van der Waals surface area contributed by atoms with Gasteiger partial charge in [0.2, 0.25) is 5.16 Å². The summed E-state index contributed by atoms with van der Waals surface area (Å²) in [4.78, 5) is 23.4. The lowest BCUT2D eigenvalue weighted by Crippen LogP contribution is -2.13. The highest BCUT2D eigenvalue weighted by atomic mass is 35.5. The van der Waals surface area contributed by atoms with Crippen LogP contribution in [0, 0.1) is 10.1 Å². The van der Waals surface area contributed by atoms with E-state index in [0.717, 1.165) is 5.69 Å². The number of nitro benzene ring substituents is 1. The van der Waals surface area contributed by atoms with Gasteiger partial charge in [0.05, 0.1) is 10.6 Å². The molecule has 1 atom stereocenters. The number of ketones is 1. The lowest BCUT2D eigenvalue weighted by molar-refractivity contribution is -0.384. The summed E-state index contributed by atoms with van der Waals surface area (Å²) < 4.78 is 7.38. The van der Waals surface area contributed by atoms with Gasteiger partial charge in [-0.2, -0.15) is 4.68 Å². The summed E-state index contributed by atoms with van der Waals surface area (Å²) in [6.07, 6.45) is 0. The molecule has 0 N–H and O–H groups in total. The van der Waals surface area contributed by atoms with E-state index in [1.807, 2.05) is 37.3 Å². The van der Waals surface area contributed by atoms with Crippen molar-refractivity contribution in [1.82, 2.24) is 20.2 Å². The summed E-state index contributed by atoms with van der Waals surface area (Å²) >= 11 is 7.19. The van der Waals surface area contributed by atoms with Crippen LogP contribution in [0.15, 0.2) is 78.0 Å². The molecule has 0 fully saturated rings. The summed E-state index contributed by atoms with van der Waals surface area (Å²) in [7, 11) is 0. The molecule has 172 valence electrons. The standard InChI is InChI=1S/C23H18ClN5O4S/c1-15(34-23-25-26-27-28(23)18-5-3-2-4-6-18)20-13-19(29(31)32)11-12-22(20)33-14-21(30)16-7-9-17(24)10-8-16/h2-13,15H,14H2,1H3. The second-order valence-electron chi connectivity index (χ2n) is 7.17. The van der Waals surface area contributed by atoms with Gasteiger partial charge in [0.1, 0.15) is 5.75 Å². The third-order valence-corrected chi connectivity index (χ3v) is 6.22. The number of carbonyl (C=O) groups excluding carboxylic acids is 1. The van der Waals surface area contributed by atoms with Crippen molar-refractivity contribution in [3.05, 3.63) is 99.1 Å². The molecule has 0 amide bonds. The maximum atomic E-state index is 12.5. The molecule has 0 bridgehead atoms. The summed E-state index contributed by atoms with van der Waals surface area (Å²) in [6, 6.07) is 20.2. The number of carbonyl (C=O) groups is 1. The van der Waals surface area contributed by atoms with Gasteiger partial charge in [0, 0.05) is 33.5 Å². The number of hydrogen-bond acceptors (Lipinski definition) is 8. The van der Waals surface area contributed by atoms with Crippen LogP contribution in [0.1, 0.15) is 28.1 Å². The number of para-hydroxylation sites is 1. The van der Waals surface area contributed by atoms with Crippen LogP contribution < -0.4 is 4.74 Å². The number of Topliss-reactive ketones (excluding diaryl/α,β-unsaturated/α-hetero) is 1. The van der Waals surface area contributed by atoms with Gasteiger partial charge in [-0.1, -0.05) is 41.6 Å². The van der Waals surface area contributed by atoms with E-state index in [9.17, 15) is 14.9 Å². The number of rotatable bonds is 9. The molecule has 0 aliphatic heterocycles. The Balaban J connectivity index is 1.57.